The van der Waals surface area contributed by atoms with Crippen LogP contribution in [-0.4, -0.2) is 18.2 Å². The second-order valence-corrected chi connectivity index (χ2v) is 2.98. The van der Waals surface area contributed by atoms with Crippen molar-refractivity contribution < 1.29 is 4.79 Å². The first kappa shape index (κ1) is 8.69. The van der Waals surface area contributed by atoms with Gasteiger partial charge in [0.1, 0.15) is 5.71 Å². The number of benzene rings is 1. The number of carbonyl (C=O) groups excluding carboxylic acids is 1. The predicted octanol–water partition coefficient (Wildman–Crippen LogP) is 1.61. The summed E-state index contributed by atoms with van der Waals surface area (Å²) in [4.78, 5) is 15.6. The monoisotopic (exact) mass is 186 g/mol. The zero-order valence-corrected chi connectivity index (χ0v) is 7.66. The molecule has 0 bridgehead atoms. The van der Waals surface area contributed by atoms with Gasteiger partial charge in [0, 0.05) is 5.56 Å². The average molecular weight is 186 g/mol. The van der Waals surface area contributed by atoms with Crippen LogP contribution in [0.1, 0.15) is 5.56 Å². The summed E-state index contributed by atoms with van der Waals surface area (Å²) in [6.07, 6.45) is 1.67. The van der Waals surface area contributed by atoms with Crippen LogP contribution in [-0.2, 0) is 4.79 Å². The molecule has 0 atom stereocenters. The van der Waals surface area contributed by atoms with Gasteiger partial charge >= 0.3 is 0 Å². The number of anilines is 1. The molecule has 0 fully saturated rings. The number of fused-ring (bicyclic) bond motifs is 1. The molecule has 70 valence electrons. The number of nitrogens with zero attached hydrogens (tertiary/aromatic N) is 1. The van der Waals surface area contributed by atoms with Crippen molar-refractivity contribution in [3.8, 4) is 0 Å². The number of hydrogen-bond acceptors (Lipinski definition) is 2. The Morgan fingerprint density at radius 2 is 2.21 bits per heavy atom. The molecule has 0 saturated heterocycles. The number of amides is 1. The number of rotatable bonds is 2. The average Bonchev–Trinajstić information content (AvgIpc) is 2.51. The van der Waals surface area contributed by atoms with Crippen molar-refractivity contribution in [1.82, 2.24) is 0 Å². The summed E-state index contributed by atoms with van der Waals surface area (Å²) in [5.41, 5.74) is 2.21. The molecule has 0 saturated carbocycles. The molecule has 14 heavy (non-hydrogen) atoms. The Labute approximate surface area is 82.2 Å². The lowest BCUT2D eigenvalue weighted by Gasteiger charge is -1.94. The smallest absolute Gasteiger partial charge is 0.274 e. The minimum atomic E-state index is -0.131. The molecule has 0 aliphatic carbocycles. The van der Waals surface area contributed by atoms with Crippen molar-refractivity contribution >= 4 is 17.3 Å². The fourth-order valence-corrected chi connectivity index (χ4v) is 1.42. The molecule has 1 aliphatic heterocycles. The van der Waals surface area contributed by atoms with Crippen LogP contribution in [0.2, 0.25) is 0 Å². The van der Waals surface area contributed by atoms with E-state index in [4.69, 9.17) is 0 Å². The van der Waals surface area contributed by atoms with Crippen molar-refractivity contribution in [3.63, 3.8) is 0 Å². The highest BCUT2D eigenvalue weighted by molar-refractivity contribution is 6.53. The topological polar surface area (TPSA) is 41.5 Å². The molecule has 0 radical (unpaired) electrons. The first-order valence-corrected chi connectivity index (χ1v) is 4.39. The van der Waals surface area contributed by atoms with Gasteiger partial charge in [0.15, 0.2) is 0 Å². The van der Waals surface area contributed by atoms with E-state index in [0.717, 1.165) is 11.3 Å². The van der Waals surface area contributed by atoms with Crippen molar-refractivity contribution in [1.29, 1.82) is 0 Å². The van der Waals surface area contributed by atoms with Gasteiger partial charge < -0.3 is 5.32 Å². The summed E-state index contributed by atoms with van der Waals surface area (Å²) in [5.74, 6) is -0.131. The van der Waals surface area contributed by atoms with Crippen LogP contribution in [0.25, 0.3) is 0 Å². The van der Waals surface area contributed by atoms with E-state index in [1.807, 2.05) is 24.3 Å². The summed E-state index contributed by atoms with van der Waals surface area (Å²) in [6, 6.07) is 7.52. The number of nitrogens with one attached hydrogen (secondary N) is 1. The van der Waals surface area contributed by atoms with Gasteiger partial charge in [-0.25, -0.2) is 0 Å². The van der Waals surface area contributed by atoms with Gasteiger partial charge in [-0.2, -0.15) is 0 Å². The van der Waals surface area contributed by atoms with E-state index in [1.54, 1.807) is 6.08 Å². The van der Waals surface area contributed by atoms with Crippen LogP contribution in [0, 0.1) is 0 Å². The molecule has 3 nitrogen and oxygen atoms in total. The van der Waals surface area contributed by atoms with Gasteiger partial charge in [0.25, 0.3) is 5.91 Å². The van der Waals surface area contributed by atoms with Gasteiger partial charge in [-0.1, -0.05) is 24.3 Å². The Balaban J connectivity index is 2.44. The number of carbonyl (C=O) groups is 1. The standard InChI is InChI=1S/C11H10N2O/c1-2-7-12-10-8-5-3-4-6-9(8)13-11(10)14/h2-6H,1,7H2,(H,12,13,14). The molecule has 2 rings (SSSR count). The molecule has 0 aromatic heterocycles. The van der Waals surface area contributed by atoms with Gasteiger partial charge in [-0.3, -0.25) is 9.79 Å². The van der Waals surface area contributed by atoms with Gasteiger partial charge in [-0.15, -0.1) is 6.58 Å². The van der Waals surface area contributed by atoms with Crippen molar-refractivity contribution in [2.24, 2.45) is 4.99 Å². The zero-order valence-electron chi connectivity index (χ0n) is 7.66. The minimum Gasteiger partial charge on any atom is -0.320 e. The van der Waals surface area contributed by atoms with Crippen molar-refractivity contribution in [2.45, 2.75) is 0 Å². The number of aliphatic imine (C=N–C) groups is 1. The Morgan fingerprint density at radius 1 is 1.43 bits per heavy atom. The lowest BCUT2D eigenvalue weighted by Crippen LogP contribution is -2.14. The van der Waals surface area contributed by atoms with Crippen LogP contribution in [0.15, 0.2) is 41.9 Å². The minimum absolute atomic E-state index is 0.131. The lowest BCUT2D eigenvalue weighted by molar-refractivity contribution is -0.110. The fourth-order valence-electron chi connectivity index (χ4n) is 1.42. The Kier molecular flexibility index (Phi) is 2.14. The van der Waals surface area contributed by atoms with E-state index < -0.39 is 0 Å². The second-order valence-electron chi connectivity index (χ2n) is 2.98. The largest absolute Gasteiger partial charge is 0.320 e. The molecule has 0 unspecified atom stereocenters. The van der Waals surface area contributed by atoms with E-state index >= 15 is 0 Å². The molecule has 1 heterocycles. The van der Waals surface area contributed by atoms with E-state index in [2.05, 4.69) is 16.9 Å². The molecule has 1 aliphatic rings. The van der Waals surface area contributed by atoms with Crippen molar-refractivity contribution in [2.75, 3.05) is 11.9 Å². The highest BCUT2D eigenvalue weighted by Gasteiger charge is 2.24. The molecular formula is C11H10N2O. The third-order valence-corrected chi connectivity index (χ3v) is 2.02. The summed E-state index contributed by atoms with van der Waals surface area (Å²) in [7, 11) is 0. The highest BCUT2D eigenvalue weighted by atomic mass is 16.2. The fraction of sp³-hybridized carbons (Fsp3) is 0.0909. The third kappa shape index (κ3) is 1.33. The summed E-state index contributed by atoms with van der Waals surface area (Å²) in [6.45, 7) is 4.03. The van der Waals surface area contributed by atoms with Crippen LogP contribution in [0.5, 0.6) is 0 Å². The van der Waals surface area contributed by atoms with Crippen LogP contribution in [0.4, 0.5) is 5.69 Å². The maximum absolute atomic E-state index is 11.5. The van der Waals surface area contributed by atoms with E-state index in [1.165, 1.54) is 0 Å². The summed E-state index contributed by atoms with van der Waals surface area (Å²) in [5, 5.41) is 2.75. The SMILES string of the molecule is C=CCN=C1C(=O)Nc2ccccc21. The van der Waals surface area contributed by atoms with Crippen LogP contribution in [0.3, 0.4) is 0 Å². The predicted molar refractivity (Wildman–Crippen MR) is 56.7 cm³/mol. The number of para-hydroxylation sites is 1. The summed E-state index contributed by atoms with van der Waals surface area (Å²) >= 11 is 0. The molecule has 3 heteroatoms. The molecule has 1 N–H and O–H groups in total. The molecule has 0 spiro atoms. The van der Waals surface area contributed by atoms with Crippen molar-refractivity contribution in [3.05, 3.63) is 42.5 Å². The van der Waals surface area contributed by atoms with Crippen LogP contribution < -0.4 is 5.32 Å². The third-order valence-electron chi connectivity index (χ3n) is 2.02. The normalized spacial score (nSPS) is 16.6. The van der Waals surface area contributed by atoms with E-state index in [-0.39, 0.29) is 5.91 Å². The first-order chi connectivity index (χ1) is 6.83. The highest BCUT2D eigenvalue weighted by Crippen LogP contribution is 2.22. The van der Waals surface area contributed by atoms with Gasteiger partial charge in [0.05, 0.1) is 12.2 Å². The number of hydrogen-bond donors (Lipinski definition) is 1. The van der Waals surface area contributed by atoms with Crippen LogP contribution >= 0.6 is 0 Å². The Bertz CT molecular complexity index is 421. The molecular weight excluding hydrogens is 176 g/mol. The molecule has 1 aromatic carbocycles. The Morgan fingerprint density at radius 3 is 3.00 bits per heavy atom. The van der Waals surface area contributed by atoms with Gasteiger partial charge in [0.2, 0.25) is 0 Å². The van der Waals surface area contributed by atoms with E-state index in [9.17, 15) is 4.79 Å². The van der Waals surface area contributed by atoms with E-state index in [0.29, 0.717) is 12.3 Å². The first-order valence-electron chi connectivity index (χ1n) is 4.39. The molecule has 1 aromatic rings. The maximum atomic E-state index is 11.5. The Hall–Kier alpha value is -1.90. The maximum Gasteiger partial charge on any atom is 0.274 e. The quantitative estimate of drug-likeness (QED) is 0.700. The lowest BCUT2D eigenvalue weighted by atomic mass is 10.1. The van der Waals surface area contributed by atoms with Gasteiger partial charge in [-0.05, 0) is 6.07 Å². The zero-order chi connectivity index (χ0) is 9.97. The second kappa shape index (κ2) is 3.46. The molecule has 1 amide bonds. The summed E-state index contributed by atoms with van der Waals surface area (Å²) < 4.78 is 0.